The zero-order chi connectivity index (χ0) is 11.4. The monoisotopic (exact) mass is 278 g/mol. The lowest BCUT2D eigenvalue weighted by Crippen LogP contribution is -1.93. The SMILES string of the molecule is O=CCCc1ccc(-n2ccnc2)c(Br)c1. The summed E-state index contributed by atoms with van der Waals surface area (Å²) in [6, 6.07) is 6.09. The molecule has 0 atom stereocenters. The highest BCUT2D eigenvalue weighted by atomic mass is 79.9. The Kier molecular flexibility index (Phi) is 3.51. The smallest absolute Gasteiger partial charge is 0.120 e. The number of aldehydes is 1. The average Bonchev–Trinajstić information content (AvgIpc) is 2.80. The van der Waals surface area contributed by atoms with Gasteiger partial charge in [0.05, 0.1) is 12.0 Å². The summed E-state index contributed by atoms with van der Waals surface area (Å²) in [7, 11) is 0. The average molecular weight is 279 g/mol. The van der Waals surface area contributed by atoms with Crippen LogP contribution in [0.3, 0.4) is 0 Å². The van der Waals surface area contributed by atoms with E-state index >= 15 is 0 Å². The number of hydrogen-bond donors (Lipinski definition) is 0. The quantitative estimate of drug-likeness (QED) is 0.807. The van der Waals surface area contributed by atoms with Gasteiger partial charge in [-0.1, -0.05) is 6.07 Å². The van der Waals surface area contributed by atoms with Crippen LogP contribution in [0.2, 0.25) is 0 Å². The van der Waals surface area contributed by atoms with Gasteiger partial charge in [0.2, 0.25) is 0 Å². The van der Waals surface area contributed by atoms with Crippen molar-refractivity contribution in [3.8, 4) is 5.69 Å². The van der Waals surface area contributed by atoms with Crippen molar-refractivity contribution in [2.24, 2.45) is 0 Å². The molecular weight excluding hydrogens is 268 g/mol. The number of nitrogens with zero attached hydrogens (tertiary/aromatic N) is 2. The number of carbonyl (C=O) groups excluding carboxylic acids is 1. The van der Waals surface area contributed by atoms with Crippen molar-refractivity contribution >= 4 is 22.2 Å². The number of aromatic nitrogens is 2. The first kappa shape index (κ1) is 11.1. The number of halogens is 1. The van der Waals surface area contributed by atoms with Gasteiger partial charge in [0, 0.05) is 23.3 Å². The Morgan fingerprint density at radius 1 is 1.44 bits per heavy atom. The molecule has 82 valence electrons. The number of carbonyl (C=O) groups is 1. The number of rotatable bonds is 4. The van der Waals surface area contributed by atoms with Crippen LogP contribution < -0.4 is 0 Å². The van der Waals surface area contributed by atoms with Crippen molar-refractivity contribution in [2.75, 3.05) is 0 Å². The Morgan fingerprint density at radius 3 is 2.94 bits per heavy atom. The first-order chi connectivity index (χ1) is 7.81. The molecule has 0 bridgehead atoms. The zero-order valence-corrected chi connectivity index (χ0v) is 10.2. The third-order valence-corrected chi connectivity index (χ3v) is 2.98. The Labute approximate surface area is 102 Å². The summed E-state index contributed by atoms with van der Waals surface area (Å²) in [4.78, 5) is 14.3. The van der Waals surface area contributed by atoms with Gasteiger partial charge in [-0.05, 0) is 40.0 Å². The summed E-state index contributed by atoms with van der Waals surface area (Å²) in [5.41, 5.74) is 2.20. The van der Waals surface area contributed by atoms with Crippen molar-refractivity contribution in [1.82, 2.24) is 9.55 Å². The third kappa shape index (κ3) is 2.39. The van der Waals surface area contributed by atoms with E-state index in [1.54, 1.807) is 12.5 Å². The molecule has 1 aromatic carbocycles. The van der Waals surface area contributed by atoms with Crippen LogP contribution in [0.15, 0.2) is 41.4 Å². The molecule has 4 heteroatoms. The lowest BCUT2D eigenvalue weighted by molar-refractivity contribution is -0.107. The van der Waals surface area contributed by atoms with E-state index in [9.17, 15) is 4.79 Å². The van der Waals surface area contributed by atoms with Gasteiger partial charge >= 0.3 is 0 Å². The second-order valence-corrected chi connectivity index (χ2v) is 4.32. The Balaban J connectivity index is 2.26. The van der Waals surface area contributed by atoms with Gasteiger partial charge < -0.3 is 9.36 Å². The molecule has 2 aromatic rings. The Hall–Kier alpha value is -1.42. The van der Waals surface area contributed by atoms with Crippen LogP contribution >= 0.6 is 15.9 Å². The molecule has 0 radical (unpaired) electrons. The molecular formula is C12H11BrN2O. The molecule has 0 N–H and O–H groups in total. The van der Waals surface area contributed by atoms with Crippen molar-refractivity contribution in [3.63, 3.8) is 0 Å². The van der Waals surface area contributed by atoms with E-state index in [0.717, 1.165) is 28.4 Å². The van der Waals surface area contributed by atoms with E-state index < -0.39 is 0 Å². The Morgan fingerprint density at radius 2 is 2.31 bits per heavy atom. The van der Waals surface area contributed by atoms with Crippen molar-refractivity contribution in [3.05, 3.63) is 47.0 Å². The fraction of sp³-hybridized carbons (Fsp3) is 0.167. The molecule has 0 aliphatic carbocycles. The summed E-state index contributed by atoms with van der Waals surface area (Å²) in [5.74, 6) is 0. The molecule has 1 aromatic heterocycles. The molecule has 0 aliphatic heterocycles. The van der Waals surface area contributed by atoms with Gasteiger partial charge in [0.1, 0.15) is 6.29 Å². The van der Waals surface area contributed by atoms with Crippen molar-refractivity contribution < 1.29 is 4.79 Å². The van der Waals surface area contributed by atoms with Crippen LogP contribution in [0.1, 0.15) is 12.0 Å². The fourth-order valence-corrected chi connectivity index (χ4v) is 2.17. The fourth-order valence-electron chi connectivity index (χ4n) is 1.54. The standard InChI is InChI=1S/C12H11BrN2O/c13-11-8-10(2-1-7-16)3-4-12(11)15-6-5-14-9-15/h3-9H,1-2H2. The highest BCUT2D eigenvalue weighted by Gasteiger charge is 2.03. The first-order valence-corrected chi connectivity index (χ1v) is 5.81. The first-order valence-electron chi connectivity index (χ1n) is 5.01. The lowest BCUT2D eigenvalue weighted by Gasteiger charge is -2.07. The number of aryl methyl sites for hydroxylation is 1. The Bertz CT molecular complexity index is 480. The molecule has 0 amide bonds. The normalized spacial score (nSPS) is 10.3. The van der Waals surface area contributed by atoms with Crippen LogP contribution in [-0.4, -0.2) is 15.8 Å². The summed E-state index contributed by atoms with van der Waals surface area (Å²) in [5, 5.41) is 0. The van der Waals surface area contributed by atoms with E-state index in [-0.39, 0.29) is 0 Å². The molecule has 0 aliphatic rings. The number of imidazole rings is 1. The van der Waals surface area contributed by atoms with Gasteiger partial charge in [0.15, 0.2) is 0 Å². The second kappa shape index (κ2) is 5.07. The minimum Gasteiger partial charge on any atom is -0.305 e. The van der Waals surface area contributed by atoms with Crippen LogP contribution in [0.4, 0.5) is 0 Å². The molecule has 16 heavy (non-hydrogen) atoms. The topological polar surface area (TPSA) is 34.9 Å². The summed E-state index contributed by atoms with van der Waals surface area (Å²) in [6.07, 6.45) is 7.68. The number of hydrogen-bond acceptors (Lipinski definition) is 2. The minimum absolute atomic E-state index is 0.566. The van der Waals surface area contributed by atoms with Gasteiger partial charge in [0.25, 0.3) is 0 Å². The summed E-state index contributed by atoms with van der Waals surface area (Å²) < 4.78 is 2.95. The van der Waals surface area contributed by atoms with Crippen molar-refractivity contribution in [1.29, 1.82) is 0 Å². The van der Waals surface area contributed by atoms with Crippen LogP contribution in [0, 0.1) is 0 Å². The maximum Gasteiger partial charge on any atom is 0.120 e. The van der Waals surface area contributed by atoms with E-state index in [1.807, 2.05) is 29.0 Å². The number of benzene rings is 1. The molecule has 2 rings (SSSR count). The predicted molar refractivity (Wildman–Crippen MR) is 65.6 cm³/mol. The van der Waals surface area contributed by atoms with Gasteiger partial charge in [-0.2, -0.15) is 0 Å². The maximum atomic E-state index is 10.3. The molecule has 3 nitrogen and oxygen atoms in total. The summed E-state index contributed by atoms with van der Waals surface area (Å²) in [6.45, 7) is 0. The van der Waals surface area contributed by atoms with Gasteiger partial charge in [-0.25, -0.2) is 4.98 Å². The van der Waals surface area contributed by atoms with E-state index in [2.05, 4.69) is 20.9 Å². The van der Waals surface area contributed by atoms with Gasteiger partial charge in [-0.15, -0.1) is 0 Å². The summed E-state index contributed by atoms with van der Waals surface area (Å²) >= 11 is 3.52. The molecule has 0 fully saturated rings. The second-order valence-electron chi connectivity index (χ2n) is 3.46. The third-order valence-electron chi connectivity index (χ3n) is 2.35. The zero-order valence-electron chi connectivity index (χ0n) is 8.64. The lowest BCUT2D eigenvalue weighted by atomic mass is 10.1. The molecule has 0 saturated carbocycles. The minimum atomic E-state index is 0.566. The molecule has 0 spiro atoms. The molecule has 1 heterocycles. The van der Waals surface area contributed by atoms with Crippen LogP contribution in [-0.2, 0) is 11.2 Å². The highest BCUT2D eigenvalue weighted by molar-refractivity contribution is 9.10. The van der Waals surface area contributed by atoms with Crippen molar-refractivity contribution in [2.45, 2.75) is 12.8 Å². The highest BCUT2D eigenvalue weighted by Crippen LogP contribution is 2.22. The van der Waals surface area contributed by atoms with E-state index in [0.29, 0.717) is 6.42 Å². The largest absolute Gasteiger partial charge is 0.305 e. The van der Waals surface area contributed by atoms with E-state index in [4.69, 9.17) is 0 Å². The maximum absolute atomic E-state index is 10.3. The van der Waals surface area contributed by atoms with Gasteiger partial charge in [-0.3, -0.25) is 0 Å². The van der Waals surface area contributed by atoms with Crippen LogP contribution in [0.5, 0.6) is 0 Å². The molecule has 0 saturated heterocycles. The van der Waals surface area contributed by atoms with Crippen LogP contribution in [0.25, 0.3) is 5.69 Å². The van der Waals surface area contributed by atoms with E-state index in [1.165, 1.54) is 0 Å². The predicted octanol–water partition coefficient (Wildman–Crippen LogP) is 2.77. The molecule has 0 unspecified atom stereocenters.